The van der Waals surface area contributed by atoms with Crippen molar-refractivity contribution < 1.29 is 14.9 Å². The molecule has 0 saturated heterocycles. The van der Waals surface area contributed by atoms with Crippen molar-refractivity contribution in [3.05, 3.63) is 33.9 Å². The van der Waals surface area contributed by atoms with E-state index in [0.717, 1.165) is 0 Å². The maximum absolute atomic E-state index is 11.0. The van der Waals surface area contributed by atoms with Crippen LogP contribution in [0.25, 0.3) is 0 Å². The van der Waals surface area contributed by atoms with Crippen molar-refractivity contribution in [2.45, 2.75) is 6.42 Å². The lowest BCUT2D eigenvalue weighted by Crippen LogP contribution is -2.21. The molecule has 0 unspecified atom stereocenters. The molecule has 0 saturated carbocycles. The van der Waals surface area contributed by atoms with Gasteiger partial charge in [-0.25, -0.2) is 0 Å². The van der Waals surface area contributed by atoms with Gasteiger partial charge in [0.2, 0.25) is 0 Å². The molecular weight excluding hydrogens is 188 g/mol. The average Bonchev–Trinajstić information content (AvgIpc) is 2.43. The van der Waals surface area contributed by atoms with Gasteiger partial charge in [0, 0.05) is 12.1 Å². The van der Waals surface area contributed by atoms with Gasteiger partial charge in [-0.15, -0.1) is 0 Å². The molecule has 14 heavy (non-hydrogen) atoms. The Labute approximate surface area is 78.5 Å². The lowest BCUT2D eigenvalue weighted by molar-refractivity contribution is -0.384. The fraction of sp³-hybridized carbons (Fsp3) is 0.125. The third-order valence-corrected chi connectivity index (χ3v) is 2.09. The molecule has 1 heterocycles. The van der Waals surface area contributed by atoms with E-state index in [4.69, 9.17) is 0 Å². The molecule has 1 aliphatic rings. The van der Waals surface area contributed by atoms with E-state index >= 15 is 0 Å². The molecule has 0 aromatic heterocycles. The second-order valence-electron chi connectivity index (χ2n) is 2.95. The molecule has 1 N–H and O–H groups in total. The molecule has 1 amide bonds. The summed E-state index contributed by atoms with van der Waals surface area (Å²) in [5.74, 6) is -0.472. The Balaban J connectivity index is 2.51. The molecule has 0 atom stereocenters. The van der Waals surface area contributed by atoms with Crippen molar-refractivity contribution in [3.63, 3.8) is 0 Å². The van der Waals surface area contributed by atoms with Gasteiger partial charge < -0.3 is 0 Å². The van der Waals surface area contributed by atoms with Gasteiger partial charge >= 0.3 is 0 Å². The van der Waals surface area contributed by atoms with E-state index in [9.17, 15) is 20.1 Å². The van der Waals surface area contributed by atoms with Crippen LogP contribution in [0.5, 0.6) is 0 Å². The normalized spacial score (nSPS) is 14.4. The number of hydroxylamine groups is 1. The van der Waals surface area contributed by atoms with Crippen LogP contribution in [0.15, 0.2) is 18.2 Å². The third kappa shape index (κ3) is 1.12. The molecule has 0 radical (unpaired) electrons. The van der Waals surface area contributed by atoms with Crippen LogP contribution in [-0.2, 0) is 11.2 Å². The van der Waals surface area contributed by atoms with Gasteiger partial charge in [0.05, 0.1) is 17.0 Å². The summed E-state index contributed by atoms with van der Waals surface area (Å²) in [4.78, 5) is 20.9. The van der Waals surface area contributed by atoms with Crippen LogP contribution in [-0.4, -0.2) is 16.0 Å². The number of carbonyl (C=O) groups excluding carboxylic acids is 1. The van der Waals surface area contributed by atoms with Crippen LogP contribution in [0.3, 0.4) is 0 Å². The summed E-state index contributed by atoms with van der Waals surface area (Å²) in [6.45, 7) is 0. The van der Waals surface area contributed by atoms with E-state index in [1.54, 1.807) is 0 Å². The van der Waals surface area contributed by atoms with Crippen LogP contribution >= 0.6 is 0 Å². The fourth-order valence-corrected chi connectivity index (χ4v) is 1.38. The van der Waals surface area contributed by atoms with Crippen molar-refractivity contribution >= 4 is 17.3 Å². The van der Waals surface area contributed by atoms with Crippen molar-refractivity contribution in [1.82, 2.24) is 0 Å². The molecule has 0 aliphatic carbocycles. The van der Waals surface area contributed by atoms with E-state index in [-0.39, 0.29) is 17.8 Å². The smallest absolute Gasteiger partial charge is 0.271 e. The van der Waals surface area contributed by atoms with Crippen LogP contribution < -0.4 is 5.06 Å². The van der Waals surface area contributed by atoms with E-state index in [1.165, 1.54) is 18.2 Å². The first kappa shape index (κ1) is 8.64. The van der Waals surface area contributed by atoms with Crippen LogP contribution in [0.4, 0.5) is 11.4 Å². The van der Waals surface area contributed by atoms with Gasteiger partial charge in [0.15, 0.2) is 0 Å². The second kappa shape index (κ2) is 2.78. The number of hydrogen-bond donors (Lipinski definition) is 1. The van der Waals surface area contributed by atoms with Gasteiger partial charge in [0.25, 0.3) is 11.6 Å². The van der Waals surface area contributed by atoms with E-state index in [1.807, 2.05) is 0 Å². The topological polar surface area (TPSA) is 83.7 Å². The monoisotopic (exact) mass is 194 g/mol. The summed E-state index contributed by atoms with van der Waals surface area (Å²) in [6.07, 6.45) is 0.0871. The quantitative estimate of drug-likeness (QED) is 0.408. The summed E-state index contributed by atoms with van der Waals surface area (Å²) in [6, 6.07) is 3.97. The zero-order chi connectivity index (χ0) is 10.3. The highest BCUT2D eigenvalue weighted by Crippen LogP contribution is 2.30. The molecule has 2 rings (SSSR count). The Morgan fingerprint density at radius 3 is 2.86 bits per heavy atom. The number of nitrogens with zero attached hydrogens (tertiary/aromatic N) is 2. The Morgan fingerprint density at radius 1 is 1.50 bits per heavy atom. The van der Waals surface area contributed by atoms with Crippen LogP contribution in [0.2, 0.25) is 0 Å². The Morgan fingerprint density at radius 2 is 2.21 bits per heavy atom. The lowest BCUT2D eigenvalue weighted by atomic mass is 10.1. The standard InChI is InChI=1S/C8H6N2O4/c11-8-3-5-1-2-6(10(13)14)4-7(5)9(8)12/h1-2,4,12H,3H2. The van der Waals surface area contributed by atoms with E-state index in [2.05, 4.69) is 0 Å². The van der Waals surface area contributed by atoms with Crippen LogP contribution in [0, 0.1) is 10.1 Å². The molecule has 6 heteroatoms. The molecule has 72 valence electrons. The molecule has 1 aromatic carbocycles. The number of non-ortho nitro benzene ring substituents is 1. The first-order chi connectivity index (χ1) is 6.59. The second-order valence-corrected chi connectivity index (χ2v) is 2.95. The van der Waals surface area contributed by atoms with Gasteiger partial charge in [-0.2, -0.15) is 5.06 Å². The van der Waals surface area contributed by atoms with Crippen molar-refractivity contribution in [1.29, 1.82) is 0 Å². The molecule has 1 aliphatic heterocycles. The van der Waals surface area contributed by atoms with Gasteiger partial charge in [0.1, 0.15) is 0 Å². The summed E-state index contributed by atoms with van der Waals surface area (Å²) in [7, 11) is 0. The number of rotatable bonds is 1. The Kier molecular flexibility index (Phi) is 1.71. The molecule has 0 bridgehead atoms. The molecular formula is C8H6N2O4. The molecule has 1 aromatic rings. The largest absolute Gasteiger partial charge is 0.281 e. The van der Waals surface area contributed by atoms with Crippen molar-refractivity contribution in [2.24, 2.45) is 0 Å². The van der Waals surface area contributed by atoms with Gasteiger partial charge in [-0.05, 0) is 11.6 Å². The van der Waals surface area contributed by atoms with Gasteiger partial charge in [-0.3, -0.25) is 20.1 Å². The SMILES string of the molecule is O=C1Cc2ccc([N+](=O)[O-])cc2N1O. The highest BCUT2D eigenvalue weighted by molar-refractivity contribution is 5.99. The summed E-state index contributed by atoms with van der Waals surface area (Å²) in [5.41, 5.74) is 0.657. The zero-order valence-corrected chi connectivity index (χ0v) is 7.01. The number of hydrogen-bond acceptors (Lipinski definition) is 4. The maximum atomic E-state index is 11.0. The summed E-state index contributed by atoms with van der Waals surface area (Å²) in [5, 5.41) is 20.1. The minimum absolute atomic E-state index is 0.0871. The average molecular weight is 194 g/mol. The van der Waals surface area contributed by atoms with Gasteiger partial charge in [-0.1, -0.05) is 0 Å². The summed E-state index contributed by atoms with van der Waals surface area (Å²) < 4.78 is 0. The Hall–Kier alpha value is -1.95. The molecule has 0 fully saturated rings. The first-order valence-electron chi connectivity index (χ1n) is 3.89. The highest BCUT2D eigenvalue weighted by atomic mass is 16.6. The maximum Gasteiger partial charge on any atom is 0.271 e. The van der Waals surface area contributed by atoms with Crippen LogP contribution in [0.1, 0.15) is 5.56 Å². The predicted molar refractivity (Wildman–Crippen MR) is 46.1 cm³/mol. The minimum atomic E-state index is -0.573. The van der Waals surface area contributed by atoms with Crippen molar-refractivity contribution in [3.8, 4) is 0 Å². The number of anilines is 1. The number of amides is 1. The molecule has 0 spiro atoms. The van der Waals surface area contributed by atoms with E-state index < -0.39 is 10.8 Å². The number of fused-ring (bicyclic) bond motifs is 1. The molecule has 6 nitrogen and oxygen atoms in total. The number of nitro groups is 1. The number of carbonyl (C=O) groups is 1. The zero-order valence-electron chi connectivity index (χ0n) is 7.01. The number of nitro benzene ring substituents is 1. The Bertz CT molecular complexity index is 429. The first-order valence-corrected chi connectivity index (χ1v) is 3.89. The van der Waals surface area contributed by atoms with E-state index in [0.29, 0.717) is 10.6 Å². The number of benzene rings is 1. The lowest BCUT2D eigenvalue weighted by Gasteiger charge is -2.06. The highest BCUT2D eigenvalue weighted by Gasteiger charge is 2.27. The predicted octanol–water partition coefficient (Wildman–Crippen LogP) is 0.873. The third-order valence-electron chi connectivity index (χ3n) is 2.09. The van der Waals surface area contributed by atoms with Crippen molar-refractivity contribution in [2.75, 3.05) is 5.06 Å². The minimum Gasteiger partial charge on any atom is -0.281 e. The fourth-order valence-electron chi connectivity index (χ4n) is 1.38. The summed E-state index contributed by atoms with van der Waals surface area (Å²) >= 11 is 0.